The number of aryl methyl sites for hydroxylation is 2. The van der Waals surface area contributed by atoms with E-state index in [0.29, 0.717) is 19.4 Å². The Balaban J connectivity index is 1.55. The third-order valence-corrected chi connectivity index (χ3v) is 5.11. The fraction of sp³-hybridized carbons (Fsp3) is 0.476. The van der Waals surface area contributed by atoms with Gasteiger partial charge < -0.3 is 5.32 Å². The second-order valence-corrected chi connectivity index (χ2v) is 7.57. The molecule has 0 aliphatic rings. The summed E-state index contributed by atoms with van der Waals surface area (Å²) >= 11 is 0. The normalized spacial score (nSPS) is 12.2. The highest BCUT2D eigenvalue weighted by atomic mass is 19.4. The molecular weight excluding hydrogens is 395 g/mol. The quantitative estimate of drug-likeness (QED) is 0.566. The smallest absolute Gasteiger partial charge is 0.356 e. The van der Waals surface area contributed by atoms with Crippen molar-refractivity contribution in [2.45, 2.75) is 39.3 Å². The predicted molar refractivity (Wildman–Crippen MR) is 109 cm³/mol. The highest BCUT2D eigenvalue weighted by molar-refractivity contribution is 5.92. The molecule has 9 heteroatoms. The average Bonchev–Trinajstić information content (AvgIpc) is 3.02. The van der Waals surface area contributed by atoms with Gasteiger partial charge in [0, 0.05) is 29.7 Å². The van der Waals surface area contributed by atoms with Crippen molar-refractivity contribution in [1.29, 1.82) is 0 Å². The fourth-order valence-corrected chi connectivity index (χ4v) is 3.63. The Kier molecular flexibility index (Phi) is 6.60. The minimum atomic E-state index is -4.21. The highest BCUT2D eigenvalue weighted by Gasteiger charge is 2.28. The molecule has 3 aromatic rings. The van der Waals surface area contributed by atoms with Gasteiger partial charge in [-0.2, -0.15) is 18.3 Å². The summed E-state index contributed by atoms with van der Waals surface area (Å²) in [4.78, 5) is 18.1. The topological polar surface area (TPSA) is 62.5 Å². The van der Waals surface area contributed by atoms with Crippen LogP contribution in [0.15, 0.2) is 24.3 Å². The Morgan fingerprint density at radius 2 is 1.97 bits per heavy atom. The molecule has 2 heterocycles. The summed E-state index contributed by atoms with van der Waals surface area (Å²) in [5.74, 6) is -0.127. The fourth-order valence-electron chi connectivity index (χ4n) is 3.63. The van der Waals surface area contributed by atoms with Crippen LogP contribution in [0.3, 0.4) is 0 Å². The maximum absolute atomic E-state index is 12.3. The van der Waals surface area contributed by atoms with E-state index in [0.717, 1.165) is 33.5 Å². The number of amides is 1. The molecular formula is C21H26F3N5O. The molecule has 2 aromatic heterocycles. The largest absolute Gasteiger partial charge is 0.401 e. The van der Waals surface area contributed by atoms with Gasteiger partial charge in [0.1, 0.15) is 0 Å². The van der Waals surface area contributed by atoms with Crippen LogP contribution in [-0.4, -0.2) is 58.3 Å². The molecule has 1 aromatic carbocycles. The number of hydrogen-bond donors (Lipinski definition) is 1. The van der Waals surface area contributed by atoms with Crippen LogP contribution in [0.4, 0.5) is 13.2 Å². The molecule has 1 amide bonds. The molecule has 3 rings (SSSR count). The molecule has 0 fully saturated rings. The average molecular weight is 421 g/mol. The third kappa shape index (κ3) is 5.27. The van der Waals surface area contributed by atoms with E-state index in [2.05, 4.69) is 10.4 Å². The van der Waals surface area contributed by atoms with E-state index in [9.17, 15) is 18.0 Å². The van der Waals surface area contributed by atoms with Crippen LogP contribution in [0.2, 0.25) is 0 Å². The number of halogens is 3. The van der Waals surface area contributed by atoms with E-state index in [1.54, 1.807) is 0 Å². The maximum Gasteiger partial charge on any atom is 0.401 e. The Morgan fingerprint density at radius 1 is 1.23 bits per heavy atom. The molecule has 0 atom stereocenters. The SMILES string of the molecule is Cc1nc2c3ccccc3nn2c(C)c1CCC(=O)NCCCN(C)CC(F)(F)F. The molecule has 0 spiro atoms. The summed E-state index contributed by atoms with van der Waals surface area (Å²) in [6.45, 7) is 3.57. The van der Waals surface area contributed by atoms with Gasteiger partial charge in [-0.3, -0.25) is 9.69 Å². The first kappa shape index (κ1) is 22.0. The van der Waals surface area contributed by atoms with Crippen LogP contribution in [0.5, 0.6) is 0 Å². The first-order chi connectivity index (χ1) is 14.2. The second-order valence-electron chi connectivity index (χ2n) is 7.57. The van der Waals surface area contributed by atoms with Crippen LogP contribution >= 0.6 is 0 Å². The minimum Gasteiger partial charge on any atom is -0.356 e. The lowest BCUT2D eigenvalue weighted by atomic mass is 10.1. The number of carbonyl (C=O) groups is 1. The number of carbonyl (C=O) groups excluding carboxylic acids is 1. The van der Waals surface area contributed by atoms with Crippen molar-refractivity contribution in [3.05, 3.63) is 41.2 Å². The van der Waals surface area contributed by atoms with Crippen molar-refractivity contribution < 1.29 is 18.0 Å². The summed E-state index contributed by atoms with van der Waals surface area (Å²) < 4.78 is 38.7. The summed E-state index contributed by atoms with van der Waals surface area (Å²) in [5.41, 5.74) is 4.48. The van der Waals surface area contributed by atoms with E-state index in [1.807, 2.05) is 42.6 Å². The summed E-state index contributed by atoms with van der Waals surface area (Å²) in [6.07, 6.45) is -2.93. The van der Waals surface area contributed by atoms with Crippen LogP contribution in [0, 0.1) is 13.8 Å². The Bertz CT molecular complexity index is 1040. The van der Waals surface area contributed by atoms with Crippen molar-refractivity contribution in [3.63, 3.8) is 0 Å². The number of hydrogen-bond acceptors (Lipinski definition) is 4. The molecule has 0 saturated carbocycles. The first-order valence-electron chi connectivity index (χ1n) is 9.91. The molecule has 0 bridgehead atoms. The van der Waals surface area contributed by atoms with Crippen molar-refractivity contribution >= 4 is 22.5 Å². The van der Waals surface area contributed by atoms with Gasteiger partial charge >= 0.3 is 6.18 Å². The lowest BCUT2D eigenvalue weighted by Gasteiger charge is -2.18. The second kappa shape index (κ2) is 8.99. The van der Waals surface area contributed by atoms with E-state index >= 15 is 0 Å². The zero-order valence-electron chi connectivity index (χ0n) is 17.4. The lowest BCUT2D eigenvalue weighted by Crippen LogP contribution is -2.33. The molecule has 0 saturated heterocycles. The van der Waals surface area contributed by atoms with Gasteiger partial charge in [0.2, 0.25) is 5.91 Å². The van der Waals surface area contributed by atoms with E-state index in [4.69, 9.17) is 4.98 Å². The Hall–Kier alpha value is -2.68. The number of rotatable bonds is 8. The van der Waals surface area contributed by atoms with Gasteiger partial charge in [-0.05, 0) is 58.0 Å². The first-order valence-corrected chi connectivity index (χ1v) is 9.91. The van der Waals surface area contributed by atoms with Gasteiger partial charge in [0.25, 0.3) is 0 Å². The van der Waals surface area contributed by atoms with Crippen LogP contribution in [0.1, 0.15) is 29.8 Å². The lowest BCUT2D eigenvalue weighted by molar-refractivity contribution is -0.143. The van der Waals surface area contributed by atoms with Gasteiger partial charge in [-0.15, -0.1) is 0 Å². The van der Waals surface area contributed by atoms with Gasteiger partial charge in [0.15, 0.2) is 5.65 Å². The van der Waals surface area contributed by atoms with Crippen molar-refractivity contribution in [2.24, 2.45) is 0 Å². The molecule has 0 aliphatic carbocycles. The number of nitrogens with zero attached hydrogens (tertiary/aromatic N) is 4. The zero-order chi connectivity index (χ0) is 21.9. The van der Waals surface area contributed by atoms with Crippen molar-refractivity contribution in [2.75, 3.05) is 26.7 Å². The number of alkyl halides is 3. The Morgan fingerprint density at radius 3 is 2.70 bits per heavy atom. The van der Waals surface area contributed by atoms with Crippen LogP contribution in [-0.2, 0) is 11.2 Å². The highest BCUT2D eigenvalue weighted by Crippen LogP contribution is 2.23. The van der Waals surface area contributed by atoms with E-state index in [1.165, 1.54) is 11.9 Å². The molecule has 0 unspecified atom stereocenters. The number of benzene rings is 1. The minimum absolute atomic E-state index is 0.127. The van der Waals surface area contributed by atoms with E-state index < -0.39 is 12.7 Å². The molecule has 0 aliphatic heterocycles. The van der Waals surface area contributed by atoms with E-state index in [-0.39, 0.29) is 18.9 Å². The van der Waals surface area contributed by atoms with Crippen molar-refractivity contribution in [3.8, 4) is 0 Å². The molecule has 162 valence electrons. The predicted octanol–water partition coefficient (Wildman–Crippen LogP) is 3.43. The summed E-state index contributed by atoms with van der Waals surface area (Å²) in [6, 6.07) is 7.82. The van der Waals surface area contributed by atoms with Crippen LogP contribution in [0.25, 0.3) is 16.6 Å². The number of aromatic nitrogens is 3. The number of fused-ring (bicyclic) bond motifs is 3. The standard InChI is InChI=1S/C21H26F3N5O/c1-14-16(9-10-19(30)25-11-6-12-28(3)13-21(22,23)24)15(2)29-20(26-14)17-7-4-5-8-18(17)27-29/h4-5,7-8H,6,9-13H2,1-3H3,(H,25,30). The third-order valence-electron chi connectivity index (χ3n) is 5.11. The summed E-state index contributed by atoms with van der Waals surface area (Å²) in [7, 11) is 1.42. The zero-order valence-corrected chi connectivity index (χ0v) is 17.4. The van der Waals surface area contributed by atoms with Gasteiger partial charge in [0.05, 0.1) is 12.1 Å². The Labute approximate surface area is 173 Å². The number of nitrogens with one attached hydrogen (secondary N) is 1. The maximum atomic E-state index is 12.3. The molecule has 30 heavy (non-hydrogen) atoms. The van der Waals surface area contributed by atoms with Crippen molar-refractivity contribution in [1.82, 2.24) is 24.8 Å². The summed E-state index contributed by atoms with van der Waals surface area (Å²) in [5, 5.41) is 8.38. The van der Waals surface area contributed by atoms with Gasteiger partial charge in [-0.25, -0.2) is 9.50 Å². The van der Waals surface area contributed by atoms with Gasteiger partial charge in [-0.1, -0.05) is 12.1 Å². The monoisotopic (exact) mass is 421 g/mol. The van der Waals surface area contributed by atoms with Crippen LogP contribution < -0.4 is 5.32 Å². The molecule has 0 radical (unpaired) electrons. The molecule has 6 nitrogen and oxygen atoms in total. The molecule has 1 N–H and O–H groups in total.